The zero-order chi connectivity index (χ0) is 16.9. The Morgan fingerprint density at radius 3 is 2.09 bits per heavy atom. The molecule has 0 aliphatic rings. The van der Waals surface area contributed by atoms with Crippen molar-refractivity contribution in [1.29, 1.82) is 0 Å². The zero-order valence-electron chi connectivity index (χ0n) is 12.5. The quantitative estimate of drug-likeness (QED) is 0.913. The van der Waals surface area contributed by atoms with E-state index < -0.39 is 11.7 Å². The fourth-order valence-electron chi connectivity index (χ4n) is 2.00. The normalized spacial score (nSPS) is 11.1. The number of methoxy groups -OCH3 is 1. The number of alkyl halides is 3. The van der Waals surface area contributed by atoms with E-state index in [-0.39, 0.29) is 12.3 Å². The second-order valence-electron chi connectivity index (χ2n) is 5.00. The molecule has 0 saturated carbocycles. The Morgan fingerprint density at radius 2 is 1.57 bits per heavy atom. The van der Waals surface area contributed by atoms with Crippen molar-refractivity contribution in [2.75, 3.05) is 7.11 Å². The van der Waals surface area contributed by atoms with E-state index in [2.05, 4.69) is 5.32 Å². The number of ether oxygens (including phenoxy) is 1. The summed E-state index contributed by atoms with van der Waals surface area (Å²) in [4.78, 5) is 11.8. The number of hydrogen-bond donors (Lipinski definition) is 1. The van der Waals surface area contributed by atoms with Crippen molar-refractivity contribution in [1.82, 2.24) is 5.32 Å². The number of nitrogens with one attached hydrogen (secondary N) is 1. The summed E-state index contributed by atoms with van der Waals surface area (Å²) in [6.07, 6.45) is -4.33. The van der Waals surface area contributed by atoms with Crippen molar-refractivity contribution >= 4 is 5.91 Å². The highest BCUT2D eigenvalue weighted by Crippen LogP contribution is 2.29. The summed E-state index contributed by atoms with van der Waals surface area (Å²) in [5, 5.41) is 2.73. The minimum absolute atomic E-state index is 0.0360. The van der Waals surface area contributed by atoms with Gasteiger partial charge in [0.1, 0.15) is 5.75 Å². The highest BCUT2D eigenvalue weighted by Gasteiger charge is 2.29. The molecule has 122 valence electrons. The van der Waals surface area contributed by atoms with E-state index >= 15 is 0 Å². The van der Waals surface area contributed by atoms with Gasteiger partial charge >= 0.3 is 6.18 Å². The molecule has 2 rings (SSSR count). The number of benzene rings is 2. The van der Waals surface area contributed by atoms with E-state index in [9.17, 15) is 18.0 Å². The lowest BCUT2D eigenvalue weighted by Gasteiger charge is -2.08. The molecule has 0 aromatic heterocycles. The molecule has 0 atom stereocenters. The average molecular weight is 323 g/mol. The molecular weight excluding hydrogens is 307 g/mol. The molecule has 0 saturated heterocycles. The molecule has 1 N–H and O–H groups in total. The van der Waals surface area contributed by atoms with E-state index in [0.29, 0.717) is 12.1 Å². The van der Waals surface area contributed by atoms with Gasteiger partial charge in [0.15, 0.2) is 0 Å². The Kier molecular flexibility index (Phi) is 5.26. The lowest BCUT2D eigenvalue weighted by atomic mass is 10.1. The van der Waals surface area contributed by atoms with E-state index in [0.717, 1.165) is 23.4 Å². The molecule has 23 heavy (non-hydrogen) atoms. The van der Waals surface area contributed by atoms with E-state index in [1.165, 1.54) is 12.1 Å². The van der Waals surface area contributed by atoms with Gasteiger partial charge in [-0.1, -0.05) is 24.3 Å². The molecule has 2 aromatic rings. The molecule has 0 radical (unpaired) electrons. The first-order chi connectivity index (χ1) is 10.9. The van der Waals surface area contributed by atoms with Gasteiger partial charge in [-0.2, -0.15) is 13.2 Å². The maximum atomic E-state index is 12.5. The third-order valence-corrected chi connectivity index (χ3v) is 3.29. The highest BCUT2D eigenvalue weighted by molar-refractivity contribution is 5.78. The summed E-state index contributed by atoms with van der Waals surface area (Å²) < 4.78 is 42.4. The van der Waals surface area contributed by atoms with Gasteiger partial charge < -0.3 is 10.1 Å². The number of rotatable bonds is 5. The van der Waals surface area contributed by atoms with Crippen LogP contribution in [0.4, 0.5) is 13.2 Å². The Bertz CT molecular complexity index is 649. The van der Waals surface area contributed by atoms with Gasteiger partial charge in [0.2, 0.25) is 5.91 Å². The van der Waals surface area contributed by atoms with Crippen LogP contribution in [0.5, 0.6) is 5.75 Å². The number of carbonyl (C=O) groups excluding carboxylic acids is 1. The largest absolute Gasteiger partial charge is 0.497 e. The Labute approximate surface area is 132 Å². The summed E-state index contributed by atoms with van der Waals surface area (Å²) in [5.41, 5.74) is 0.719. The Morgan fingerprint density at radius 1 is 1.00 bits per heavy atom. The van der Waals surface area contributed by atoms with Crippen molar-refractivity contribution < 1.29 is 22.7 Å². The summed E-state index contributed by atoms with van der Waals surface area (Å²) in [6, 6.07) is 11.8. The molecule has 3 nitrogen and oxygen atoms in total. The third kappa shape index (κ3) is 5.02. The summed E-state index contributed by atoms with van der Waals surface area (Å²) >= 11 is 0. The van der Waals surface area contributed by atoms with Gasteiger partial charge in [-0.25, -0.2) is 0 Å². The maximum Gasteiger partial charge on any atom is 0.416 e. The van der Waals surface area contributed by atoms with Crippen LogP contribution in [0.2, 0.25) is 0 Å². The van der Waals surface area contributed by atoms with Crippen LogP contribution >= 0.6 is 0 Å². The molecule has 1 amide bonds. The summed E-state index contributed by atoms with van der Waals surface area (Å²) in [5.74, 6) is 0.477. The lowest BCUT2D eigenvalue weighted by Crippen LogP contribution is -2.24. The smallest absolute Gasteiger partial charge is 0.416 e. The minimum atomic E-state index is -4.37. The molecule has 0 unspecified atom stereocenters. The first-order valence-corrected chi connectivity index (χ1v) is 6.94. The zero-order valence-corrected chi connectivity index (χ0v) is 12.5. The molecule has 0 aliphatic heterocycles. The number of hydrogen-bond acceptors (Lipinski definition) is 2. The SMILES string of the molecule is COc1ccc(CNC(=O)Cc2ccc(C(F)(F)F)cc2)cc1. The predicted molar refractivity (Wildman–Crippen MR) is 80.0 cm³/mol. The van der Waals surface area contributed by atoms with Crippen LogP contribution in [0.15, 0.2) is 48.5 Å². The molecular formula is C17H16F3NO2. The molecule has 6 heteroatoms. The third-order valence-electron chi connectivity index (χ3n) is 3.29. The minimum Gasteiger partial charge on any atom is -0.497 e. The van der Waals surface area contributed by atoms with Crippen LogP contribution < -0.4 is 10.1 Å². The van der Waals surface area contributed by atoms with Gasteiger partial charge in [-0.3, -0.25) is 4.79 Å². The van der Waals surface area contributed by atoms with Crippen LogP contribution in [0.3, 0.4) is 0 Å². The number of amides is 1. The Hall–Kier alpha value is -2.50. The lowest BCUT2D eigenvalue weighted by molar-refractivity contribution is -0.137. The highest BCUT2D eigenvalue weighted by atomic mass is 19.4. The second kappa shape index (κ2) is 7.17. The van der Waals surface area contributed by atoms with Gasteiger partial charge in [-0.15, -0.1) is 0 Å². The van der Waals surface area contributed by atoms with Crippen molar-refractivity contribution in [3.63, 3.8) is 0 Å². The Balaban J connectivity index is 1.86. The summed E-state index contributed by atoms with van der Waals surface area (Å²) in [7, 11) is 1.57. The van der Waals surface area contributed by atoms with Crippen LogP contribution in [0.1, 0.15) is 16.7 Å². The molecule has 0 spiro atoms. The molecule has 0 aliphatic carbocycles. The number of halogens is 3. The van der Waals surface area contributed by atoms with Crippen molar-refractivity contribution in [3.8, 4) is 5.75 Å². The van der Waals surface area contributed by atoms with Crippen molar-refractivity contribution in [2.24, 2.45) is 0 Å². The van der Waals surface area contributed by atoms with Gasteiger partial charge in [0, 0.05) is 6.54 Å². The molecule has 0 bridgehead atoms. The number of carbonyl (C=O) groups is 1. The van der Waals surface area contributed by atoms with Crippen LogP contribution in [-0.4, -0.2) is 13.0 Å². The van der Waals surface area contributed by atoms with Gasteiger partial charge in [-0.05, 0) is 35.4 Å². The van der Waals surface area contributed by atoms with Crippen molar-refractivity contribution in [3.05, 3.63) is 65.2 Å². The van der Waals surface area contributed by atoms with Gasteiger partial charge in [0.25, 0.3) is 0 Å². The van der Waals surface area contributed by atoms with E-state index in [1.54, 1.807) is 19.2 Å². The van der Waals surface area contributed by atoms with E-state index in [1.807, 2.05) is 12.1 Å². The maximum absolute atomic E-state index is 12.5. The van der Waals surface area contributed by atoms with Crippen LogP contribution in [-0.2, 0) is 23.9 Å². The van der Waals surface area contributed by atoms with Crippen molar-refractivity contribution in [2.45, 2.75) is 19.1 Å². The molecule has 0 fully saturated rings. The fourth-order valence-corrected chi connectivity index (χ4v) is 2.00. The van der Waals surface area contributed by atoms with Crippen LogP contribution in [0.25, 0.3) is 0 Å². The van der Waals surface area contributed by atoms with Crippen LogP contribution in [0, 0.1) is 0 Å². The molecule has 2 aromatic carbocycles. The predicted octanol–water partition coefficient (Wildman–Crippen LogP) is 3.57. The second-order valence-corrected chi connectivity index (χ2v) is 5.00. The fraction of sp³-hybridized carbons (Fsp3) is 0.235. The van der Waals surface area contributed by atoms with Gasteiger partial charge in [0.05, 0.1) is 19.1 Å². The first-order valence-electron chi connectivity index (χ1n) is 6.94. The topological polar surface area (TPSA) is 38.3 Å². The summed E-state index contributed by atoms with van der Waals surface area (Å²) in [6.45, 7) is 0.351. The monoisotopic (exact) mass is 323 g/mol. The first kappa shape index (κ1) is 16.9. The van der Waals surface area contributed by atoms with E-state index in [4.69, 9.17) is 4.74 Å². The molecule has 0 heterocycles. The standard InChI is InChI=1S/C17H16F3NO2/c1-23-15-8-4-13(5-9-15)11-21-16(22)10-12-2-6-14(7-3-12)17(18,19)20/h2-9H,10-11H2,1H3,(H,21,22). The average Bonchev–Trinajstić information content (AvgIpc) is 2.53.